The van der Waals surface area contributed by atoms with Crippen LogP contribution in [0.4, 0.5) is 4.79 Å². The van der Waals surface area contributed by atoms with Crippen molar-refractivity contribution in [1.82, 2.24) is 25.4 Å². The Labute approximate surface area is 228 Å². The van der Waals surface area contributed by atoms with Crippen LogP contribution in [0, 0.1) is 0 Å². The Hall–Kier alpha value is -1.38. The summed E-state index contributed by atoms with van der Waals surface area (Å²) < 4.78 is 0. The molecular formula is C29H60N6O2. The minimum atomic E-state index is -0.178. The molecule has 0 aromatic rings. The van der Waals surface area contributed by atoms with Crippen LogP contribution in [0.2, 0.25) is 0 Å². The van der Waals surface area contributed by atoms with Crippen molar-refractivity contribution in [3.8, 4) is 0 Å². The third kappa shape index (κ3) is 10.7. The summed E-state index contributed by atoms with van der Waals surface area (Å²) in [7, 11) is 1.71. The fraction of sp³-hybridized carbons (Fsp3) is 0.931. The van der Waals surface area contributed by atoms with Crippen LogP contribution < -0.4 is 16.5 Å². The number of hydrogen-bond acceptors (Lipinski definition) is 5. The van der Waals surface area contributed by atoms with E-state index in [1.807, 2.05) is 14.8 Å². The van der Waals surface area contributed by atoms with Gasteiger partial charge in [-0.3, -0.25) is 10.6 Å². The first-order valence-electron chi connectivity index (χ1n) is 14.3. The first-order chi connectivity index (χ1) is 16.7. The van der Waals surface area contributed by atoms with Gasteiger partial charge in [-0.1, -0.05) is 12.8 Å². The summed E-state index contributed by atoms with van der Waals surface area (Å²) in [6.07, 6.45) is 6.61. The molecule has 0 spiro atoms. The standard InChI is InChI=1S/C29H60N6O2/c1-22(19-27(6,7)32-26(3,4)5)33(23(2)36)17-15-13-14-16-18-34(25(37)31-12)24-20-28(8,9)35(30)29(10,11)21-24/h22,24,32H,13-21,30H2,1-12H3,(H,31,37)/t22-/m0/s1. The highest BCUT2D eigenvalue weighted by Gasteiger charge is 2.46. The maximum atomic E-state index is 12.8. The van der Waals surface area contributed by atoms with E-state index in [2.05, 4.69) is 79.9 Å². The predicted molar refractivity (Wildman–Crippen MR) is 155 cm³/mol. The van der Waals surface area contributed by atoms with Crippen molar-refractivity contribution in [2.75, 3.05) is 20.1 Å². The van der Waals surface area contributed by atoms with Crippen LogP contribution in [0.1, 0.15) is 121 Å². The molecule has 1 rings (SSSR count). The molecule has 0 aromatic heterocycles. The zero-order valence-corrected chi connectivity index (χ0v) is 26.3. The van der Waals surface area contributed by atoms with E-state index in [0.29, 0.717) is 0 Å². The predicted octanol–water partition coefficient (Wildman–Crippen LogP) is 4.88. The zero-order chi connectivity index (χ0) is 28.8. The second-order valence-corrected chi connectivity index (χ2v) is 14.2. The Morgan fingerprint density at radius 2 is 1.46 bits per heavy atom. The molecule has 0 unspecified atom stereocenters. The third-order valence-electron chi connectivity index (χ3n) is 7.69. The maximum absolute atomic E-state index is 12.8. The summed E-state index contributed by atoms with van der Waals surface area (Å²) >= 11 is 0. The summed E-state index contributed by atoms with van der Waals surface area (Å²) in [5, 5.41) is 8.49. The van der Waals surface area contributed by atoms with Gasteiger partial charge in [0.25, 0.3) is 0 Å². The molecule has 1 saturated heterocycles. The van der Waals surface area contributed by atoms with Crippen LogP contribution in [-0.2, 0) is 4.79 Å². The van der Waals surface area contributed by atoms with Gasteiger partial charge in [-0.25, -0.2) is 9.80 Å². The fourth-order valence-corrected chi connectivity index (χ4v) is 6.58. The summed E-state index contributed by atoms with van der Waals surface area (Å²) in [4.78, 5) is 29.3. The van der Waals surface area contributed by atoms with Crippen molar-refractivity contribution in [3.63, 3.8) is 0 Å². The monoisotopic (exact) mass is 524 g/mol. The molecule has 0 aliphatic carbocycles. The van der Waals surface area contributed by atoms with E-state index in [4.69, 9.17) is 5.84 Å². The molecular weight excluding hydrogens is 464 g/mol. The van der Waals surface area contributed by atoms with Crippen LogP contribution in [0.15, 0.2) is 0 Å². The van der Waals surface area contributed by atoms with Crippen LogP contribution in [0.3, 0.4) is 0 Å². The number of rotatable bonds is 12. The van der Waals surface area contributed by atoms with Gasteiger partial charge in [-0.15, -0.1) is 0 Å². The molecule has 218 valence electrons. The average Bonchev–Trinajstić information content (AvgIpc) is 2.70. The lowest BCUT2D eigenvalue weighted by atomic mass is 9.78. The molecule has 1 atom stereocenters. The Morgan fingerprint density at radius 3 is 1.89 bits per heavy atom. The van der Waals surface area contributed by atoms with E-state index in [1.54, 1.807) is 14.0 Å². The Balaban J connectivity index is 2.62. The van der Waals surface area contributed by atoms with Gasteiger partial charge in [0.1, 0.15) is 0 Å². The van der Waals surface area contributed by atoms with Gasteiger partial charge in [-0.05, 0) is 101 Å². The quantitative estimate of drug-likeness (QED) is 0.250. The molecule has 1 aliphatic heterocycles. The van der Waals surface area contributed by atoms with E-state index in [-0.39, 0.29) is 46.2 Å². The fourth-order valence-electron chi connectivity index (χ4n) is 6.58. The minimum absolute atomic E-state index is 0.00914. The van der Waals surface area contributed by atoms with E-state index < -0.39 is 0 Å². The Morgan fingerprint density at radius 1 is 0.973 bits per heavy atom. The lowest BCUT2D eigenvalue weighted by Gasteiger charge is -2.54. The van der Waals surface area contributed by atoms with Crippen molar-refractivity contribution in [1.29, 1.82) is 0 Å². The minimum Gasteiger partial charge on any atom is -0.341 e. The number of nitrogens with zero attached hydrogens (tertiary/aromatic N) is 3. The third-order valence-corrected chi connectivity index (χ3v) is 7.69. The number of hydrazine groups is 1. The van der Waals surface area contributed by atoms with Crippen molar-refractivity contribution in [3.05, 3.63) is 0 Å². The number of nitrogens with one attached hydrogen (secondary N) is 2. The van der Waals surface area contributed by atoms with Crippen LogP contribution in [0.5, 0.6) is 0 Å². The Kier molecular flexibility index (Phi) is 11.9. The number of amides is 3. The summed E-state index contributed by atoms with van der Waals surface area (Å²) in [6, 6.07) is 0.320. The molecule has 1 heterocycles. The molecule has 4 N–H and O–H groups in total. The average molecular weight is 525 g/mol. The smallest absolute Gasteiger partial charge is 0.317 e. The van der Waals surface area contributed by atoms with Crippen molar-refractivity contribution in [2.45, 2.75) is 155 Å². The normalized spacial score (nSPS) is 19.4. The Bertz CT molecular complexity index is 725. The lowest BCUT2D eigenvalue weighted by molar-refractivity contribution is -0.131. The summed E-state index contributed by atoms with van der Waals surface area (Å²) in [5.41, 5.74) is -0.386. The highest BCUT2D eigenvalue weighted by atomic mass is 16.2. The van der Waals surface area contributed by atoms with Crippen LogP contribution >= 0.6 is 0 Å². The molecule has 0 aromatic carbocycles. The van der Waals surface area contributed by atoms with Crippen molar-refractivity contribution >= 4 is 11.9 Å². The molecule has 0 radical (unpaired) electrons. The van der Waals surface area contributed by atoms with Gasteiger partial charge in [0, 0.05) is 61.3 Å². The topological polar surface area (TPSA) is 93.9 Å². The van der Waals surface area contributed by atoms with E-state index in [9.17, 15) is 9.59 Å². The number of nitrogens with two attached hydrogens (primary N) is 1. The van der Waals surface area contributed by atoms with Gasteiger partial charge in [0.15, 0.2) is 0 Å². The first kappa shape index (κ1) is 33.6. The lowest BCUT2D eigenvalue weighted by Crippen LogP contribution is -2.67. The molecule has 3 amide bonds. The SMILES string of the molecule is CNC(=O)N(CCCCCCN(C(C)=O)[C@@H](C)CC(C)(C)NC(C)(C)C)C1CC(C)(C)N(N)C(C)(C)C1. The second-order valence-electron chi connectivity index (χ2n) is 14.2. The summed E-state index contributed by atoms with van der Waals surface area (Å²) in [5.74, 6) is 6.57. The van der Waals surface area contributed by atoms with E-state index >= 15 is 0 Å². The number of carbonyl (C=O) groups excluding carboxylic acids is 2. The molecule has 0 saturated carbocycles. The number of unbranched alkanes of at least 4 members (excludes halogenated alkanes) is 3. The number of hydrogen-bond donors (Lipinski definition) is 3. The van der Waals surface area contributed by atoms with Gasteiger partial charge in [-0.2, -0.15) is 0 Å². The number of urea groups is 1. The zero-order valence-electron chi connectivity index (χ0n) is 26.3. The molecule has 8 nitrogen and oxygen atoms in total. The number of piperidine rings is 1. The molecule has 8 heteroatoms. The van der Waals surface area contributed by atoms with Gasteiger partial charge in [0.05, 0.1) is 0 Å². The molecule has 0 bridgehead atoms. The van der Waals surface area contributed by atoms with Gasteiger partial charge >= 0.3 is 6.03 Å². The largest absolute Gasteiger partial charge is 0.341 e. The maximum Gasteiger partial charge on any atom is 0.317 e. The first-order valence-corrected chi connectivity index (χ1v) is 14.3. The second kappa shape index (κ2) is 13.1. The highest BCUT2D eigenvalue weighted by molar-refractivity contribution is 5.74. The van der Waals surface area contributed by atoms with Crippen LogP contribution in [-0.4, -0.2) is 81.1 Å². The molecule has 37 heavy (non-hydrogen) atoms. The number of carbonyl (C=O) groups is 2. The molecule has 1 fully saturated rings. The van der Waals surface area contributed by atoms with Crippen molar-refractivity contribution in [2.24, 2.45) is 5.84 Å². The van der Waals surface area contributed by atoms with Gasteiger partial charge < -0.3 is 20.4 Å². The molecule has 1 aliphatic rings. The highest BCUT2D eigenvalue weighted by Crippen LogP contribution is 2.38. The summed E-state index contributed by atoms with van der Waals surface area (Å²) in [6.45, 7) is 24.9. The van der Waals surface area contributed by atoms with Crippen LogP contribution in [0.25, 0.3) is 0 Å². The van der Waals surface area contributed by atoms with Gasteiger partial charge in [0.2, 0.25) is 5.91 Å². The van der Waals surface area contributed by atoms with E-state index in [0.717, 1.165) is 58.0 Å². The van der Waals surface area contributed by atoms with E-state index in [1.165, 1.54) is 0 Å². The van der Waals surface area contributed by atoms with Crippen molar-refractivity contribution < 1.29 is 9.59 Å².